The van der Waals surface area contributed by atoms with Crippen molar-refractivity contribution in [3.8, 4) is 12.1 Å². The van der Waals surface area contributed by atoms with E-state index in [4.69, 9.17) is 0 Å². The van der Waals surface area contributed by atoms with Gasteiger partial charge in [0.1, 0.15) is 12.1 Å². The van der Waals surface area contributed by atoms with E-state index in [1.807, 2.05) is 11.8 Å². The van der Waals surface area contributed by atoms with E-state index in [1.54, 1.807) is 0 Å². The van der Waals surface area contributed by atoms with Gasteiger partial charge in [-0.15, -0.1) is 11.8 Å². The first-order chi connectivity index (χ1) is 8.75. The lowest BCUT2D eigenvalue weighted by atomic mass is 9.75. The molecule has 4 heteroatoms. The molecule has 0 radical (unpaired) electrons. The number of hydrogen-bond acceptors (Lipinski definition) is 3. The highest BCUT2D eigenvalue weighted by Gasteiger charge is 2.60. The molecule has 18 heavy (non-hydrogen) atoms. The van der Waals surface area contributed by atoms with Crippen molar-refractivity contribution in [3.05, 3.63) is 0 Å². The van der Waals surface area contributed by atoms with E-state index in [2.05, 4.69) is 17.5 Å². The molecule has 0 aromatic rings. The Hall–Kier alpha value is -0.710. The lowest BCUT2D eigenvalue weighted by Gasteiger charge is -2.51. The number of nitriles is 2. The highest BCUT2D eigenvalue weighted by atomic mass is 32.2. The predicted octanol–water partition coefficient (Wildman–Crippen LogP) is 1.71. The Bertz CT molecular complexity index is 386. The molecule has 3 rings (SSSR count). The average molecular weight is 262 g/mol. The SMILES string of the molecule is N#C[C@@]12CCCC[C@@H]1S[C@@H]1CCCC[C@]1(C#N)[NH2+]2. The number of nitrogens with zero attached hydrogens (tertiary/aromatic N) is 2. The Kier molecular flexibility index (Phi) is 3.04. The number of thioether (sulfide) groups is 1. The summed E-state index contributed by atoms with van der Waals surface area (Å²) in [6, 6.07) is 5.17. The largest absolute Gasteiger partial charge is 0.311 e. The van der Waals surface area contributed by atoms with E-state index in [0.29, 0.717) is 10.5 Å². The fourth-order valence-electron chi connectivity index (χ4n) is 4.02. The molecule has 0 aromatic carbocycles. The van der Waals surface area contributed by atoms with Gasteiger partial charge in [-0.1, -0.05) is 12.8 Å². The fraction of sp³-hybridized carbons (Fsp3) is 0.857. The Morgan fingerprint density at radius 2 is 1.39 bits per heavy atom. The molecule has 3 aliphatic rings. The van der Waals surface area contributed by atoms with Crippen LogP contribution in [0.1, 0.15) is 51.4 Å². The Morgan fingerprint density at radius 1 is 0.889 bits per heavy atom. The van der Waals surface area contributed by atoms with Crippen molar-refractivity contribution in [1.82, 2.24) is 0 Å². The number of nitrogens with two attached hydrogens (primary N) is 1. The van der Waals surface area contributed by atoms with E-state index >= 15 is 0 Å². The lowest BCUT2D eigenvalue weighted by molar-refractivity contribution is -0.771. The van der Waals surface area contributed by atoms with Crippen LogP contribution in [0.3, 0.4) is 0 Å². The summed E-state index contributed by atoms with van der Waals surface area (Å²) >= 11 is 1.97. The Labute approximate surface area is 113 Å². The summed E-state index contributed by atoms with van der Waals surface area (Å²) in [5.74, 6) is 0. The Morgan fingerprint density at radius 3 is 1.83 bits per heavy atom. The molecule has 0 unspecified atom stereocenters. The maximum Gasteiger partial charge on any atom is 0.196 e. The van der Waals surface area contributed by atoms with Crippen LogP contribution < -0.4 is 5.32 Å². The van der Waals surface area contributed by atoms with Crippen LogP contribution in [-0.2, 0) is 0 Å². The van der Waals surface area contributed by atoms with Crippen LogP contribution in [0.25, 0.3) is 0 Å². The van der Waals surface area contributed by atoms with Gasteiger partial charge in [0.15, 0.2) is 11.1 Å². The van der Waals surface area contributed by atoms with Crippen LogP contribution in [0, 0.1) is 22.7 Å². The quantitative estimate of drug-likeness (QED) is 0.723. The van der Waals surface area contributed by atoms with Crippen molar-refractivity contribution in [2.75, 3.05) is 0 Å². The predicted molar refractivity (Wildman–Crippen MR) is 70.7 cm³/mol. The molecule has 1 saturated heterocycles. The van der Waals surface area contributed by atoms with Crippen LogP contribution in [0.5, 0.6) is 0 Å². The molecule has 3 nitrogen and oxygen atoms in total. The standard InChI is InChI=1S/C14H19N3S/c15-9-13-7-3-1-5-11(13)18-12-6-2-4-8-14(12,10-16)17-13/h11-12,17H,1-8H2/p+1/t11-,12+,13-,14+. The van der Waals surface area contributed by atoms with E-state index in [0.717, 1.165) is 38.5 Å². The van der Waals surface area contributed by atoms with E-state index in [9.17, 15) is 10.5 Å². The maximum absolute atomic E-state index is 9.67. The Balaban J connectivity index is 1.95. The van der Waals surface area contributed by atoms with Gasteiger partial charge in [0.05, 0.1) is 10.5 Å². The number of rotatable bonds is 0. The number of quaternary nitrogens is 1. The second-order valence-electron chi connectivity index (χ2n) is 6.05. The van der Waals surface area contributed by atoms with Crippen LogP contribution in [0.2, 0.25) is 0 Å². The molecule has 96 valence electrons. The topological polar surface area (TPSA) is 64.2 Å². The monoisotopic (exact) mass is 262 g/mol. The van der Waals surface area contributed by atoms with Crippen molar-refractivity contribution in [2.24, 2.45) is 0 Å². The molecular formula is C14H20N3S+. The molecule has 4 atom stereocenters. The molecule has 1 heterocycles. The number of hydrogen-bond donors (Lipinski definition) is 1. The second-order valence-corrected chi connectivity index (χ2v) is 7.46. The van der Waals surface area contributed by atoms with Gasteiger partial charge < -0.3 is 5.32 Å². The van der Waals surface area contributed by atoms with Gasteiger partial charge in [-0.3, -0.25) is 0 Å². The summed E-state index contributed by atoms with van der Waals surface area (Å²) in [7, 11) is 0. The van der Waals surface area contributed by atoms with Crippen LogP contribution in [0.4, 0.5) is 0 Å². The van der Waals surface area contributed by atoms with Crippen molar-refractivity contribution >= 4 is 11.8 Å². The summed E-state index contributed by atoms with van der Waals surface area (Å²) in [6.45, 7) is 0. The van der Waals surface area contributed by atoms with Gasteiger partial charge >= 0.3 is 0 Å². The maximum atomic E-state index is 9.67. The highest BCUT2D eigenvalue weighted by molar-refractivity contribution is 8.00. The first-order valence-electron chi connectivity index (χ1n) is 7.10. The average Bonchev–Trinajstić information content (AvgIpc) is 2.44. The summed E-state index contributed by atoms with van der Waals surface area (Å²) < 4.78 is 0. The van der Waals surface area contributed by atoms with Crippen LogP contribution >= 0.6 is 11.8 Å². The smallest absolute Gasteiger partial charge is 0.196 e. The van der Waals surface area contributed by atoms with Gasteiger partial charge in [-0.25, -0.2) is 0 Å². The van der Waals surface area contributed by atoms with Crippen molar-refractivity contribution in [3.63, 3.8) is 0 Å². The minimum atomic E-state index is -0.313. The van der Waals surface area contributed by atoms with Crippen molar-refractivity contribution in [2.45, 2.75) is 72.9 Å². The molecule has 3 fully saturated rings. The van der Waals surface area contributed by atoms with E-state index < -0.39 is 0 Å². The molecule has 0 aromatic heterocycles. The summed E-state index contributed by atoms with van der Waals surface area (Å²) in [4.78, 5) is 0. The fourth-order valence-corrected chi connectivity index (χ4v) is 5.98. The van der Waals surface area contributed by atoms with E-state index in [1.165, 1.54) is 12.8 Å². The summed E-state index contributed by atoms with van der Waals surface area (Å²) in [5, 5.41) is 22.4. The number of fused-ring (bicyclic) bond motifs is 2. The minimum absolute atomic E-state index is 0.313. The van der Waals surface area contributed by atoms with Gasteiger partial charge in [-0.05, 0) is 25.7 Å². The highest BCUT2D eigenvalue weighted by Crippen LogP contribution is 2.46. The molecule has 2 saturated carbocycles. The first-order valence-corrected chi connectivity index (χ1v) is 8.04. The zero-order valence-corrected chi connectivity index (χ0v) is 11.5. The molecule has 2 N–H and O–H groups in total. The second kappa shape index (κ2) is 4.44. The van der Waals surface area contributed by atoms with Gasteiger partial charge in [-0.2, -0.15) is 10.5 Å². The zero-order chi connectivity index (χ0) is 12.6. The third-order valence-electron chi connectivity index (χ3n) is 5.02. The zero-order valence-electron chi connectivity index (χ0n) is 10.7. The first kappa shape index (κ1) is 12.3. The lowest BCUT2D eigenvalue weighted by Crippen LogP contribution is -3.11. The minimum Gasteiger partial charge on any atom is -0.311 e. The molecule has 1 aliphatic heterocycles. The van der Waals surface area contributed by atoms with Gasteiger partial charge in [0.2, 0.25) is 0 Å². The summed E-state index contributed by atoms with van der Waals surface area (Å²) in [5.41, 5.74) is -0.626. The normalized spacial score (nSPS) is 47.2. The summed E-state index contributed by atoms with van der Waals surface area (Å²) in [6.07, 6.45) is 9.05. The third-order valence-corrected chi connectivity index (χ3v) is 6.99. The third kappa shape index (κ3) is 1.67. The van der Waals surface area contributed by atoms with Crippen LogP contribution in [-0.4, -0.2) is 21.6 Å². The van der Waals surface area contributed by atoms with E-state index in [-0.39, 0.29) is 11.1 Å². The van der Waals surface area contributed by atoms with Crippen molar-refractivity contribution in [1.29, 1.82) is 10.5 Å². The van der Waals surface area contributed by atoms with Gasteiger partial charge in [0.25, 0.3) is 0 Å². The molecule has 0 spiro atoms. The molecular weight excluding hydrogens is 242 g/mol. The molecule has 0 amide bonds. The van der Waals surface area contributed by atoms with Crippen molar-refractivity contribution < 1.29 is 5.32 Å². The van der Waals surface area contributed by atoms with Crippen LogP contribution in [0.15, 0.2) is 0 Å². The molecule has 2 aliphatic carbocycles. The molecule has 0 bridgehead atoms. The van der Waals surface area contributed by atoms with Gasteiger partial charge in [0, 0.05) is 12.8 Å².